The number of nitrogens with one attached hydrogen (secondary N) is 2. The van der Waals surface area contributed by atoms with Crippen LogP contribution in [0.2, 0.25) is 0 Å². The van der Waals surface area contributed by atoms with E-state index in [4.69, 9.17) is 9.47 Å². The molecule has 3 rings (SSSR count). The molecule has 2 N–H and O–H groups in total. The second-order valence-corrected chi connectivity index (χ2v) is 6.05. The van der Waals surface area contributed by atoms with Gasteiger partial charge in [0.05, 0.1) is 5.56 Å². The van der Waals surface area contributed by atoms with Crippen molar-refractivity contribution in [3.8, 4) is 11.5 Å². The zero-order chi connectivity index (χ0) is 14.1. The van der Waals surface area contributed by atoms with E-state index < -0.39 is 0 Å². The van der Waals surface area contributed by atoms with Crippen molar-refractivity contribution in [1.82, 2.24) is 10.6 Å². The molecule has 0 bridgehead atoms. The molecule has 2 atom stereocenters. The Labute approximate surface area is 126 Å². The lowest BCUT2D eigenvalue weighted by Crippen LogP contribution is -2.39. The Morgan fingerprint density at radius 3 is 3.10 bits per heavy atom. The van der Waals surface area contributed by atoms with Crippen LogP contribution >= 0.6 is 15.9 Å². The van der Waals surface area contributed by atoms with Gasteiger partial charge in [0, 0.05) is 17.1 Å². The maximum Gasteiger partial charge on any atom is 0.256 e. The highest BCUT2D eigenvalue weighted by atomic mass is 79.9. The predicted octanol–water partition coefficient (Wildman–Crippen LogP) is 1.91. The van der Waals surface area contributed by atoms with Crippen LogP contribution < -0.4 is 20.1 Å². The minimum atomic E-state index is -0.139. The fourth-order valence-corrected chi connectivity index (χ4v) is 3.12. The summed E-state index contributed by atoms with van der Waals surface area (Å²) in [6, 6.07) is 3.94. The van der Waals surface area contributed by atoms with E-state index in [9.17, 15) is 4.79 Å². The van der Waals surface area contributed by atoms with E-state index in [1.165, 1.54) is 0 Å². The van der Waals surface area contributed by atoms with E-state index in [-0.39, 0.29) is 12.7 Å². The highest BCUT2D eigenvalue weighted by Gasteiger charge is 2.27. The summed E-state index contributed by atoms with van der Waals surface area (Å²) in [5.41, 5.74) is 0.505. The molecule has 0 spiro atoms. The molecule has 0 aliphatic carbocycles. The largest absolute Gasteiger partial charge is 0.454 e. The molecule has 1 aromatic carbocycles. The third-order valence-electron chi connectivity index (χ3n) is 3.89. The van der Waals surface area contributed by atoms with E-state index in [0.717, 1.165) is 13.0 Å². The van der Waals surface area contributed by atoms with Gasteiger partial charge in [-0.1, -0.05) is 6.92 Å². The van der Waals surface area contributed by atoms with Crippen LogP contribution in [0, 0.1) is 5.92 Å². The molecule has 5 nitrogen and oxygen atoms in total. The topological polar surface area (TPSA) is 59.6 Å². The first kappa shape index (κ1) is 13.7. The van der Waals surface area contributed by atoms with Crippen LogP contribution in [0.15, 0.2) is 16.6 Å². The average molecular weight is 341 g/mol. The molecular weight excluding hydrogens is 324 g/mol. The van der Waals surface area contributed by atoms with Gasteiger partial charge in [0.25, 0.3) is 5.91 Å². The molecule has 1 fully saturated rings. The molecular formula is C14H17BrN2O3. The first-order valence-corrected chi connectivity index (χ1v) is 7.56. The van der Waals surface area contributed by atoms with Crippen molar-refractivity contribution in [2.75, 3.05) is 19.9 Å². The standard InChI is InChI=1S/C14H17BrN2O3/c1-8-4-5-16-10(8)6-17-14(18)12-9(15)2-3-11-13(12)20-7-19-11/h2-3,8,10,16H,4-7H2,1H3,(H,17,18). The Balaban J connectivity index is 1.73. The van der Waals surface area contributed by atoms with Gasteiger partial charge < -0.3 is 20.1 Å². The quantitative estimate of drug-likeness (QED) is 0.882. The lowest BCUT2D eigenvalue weighted by molar-refractivity contribution is 0.0943. The van der Waals surface area contributed by atoms with Crippen molar-refractivity contribution in [2.24, 2.45) is 5.92 Å². The number of amides is 1. The molecule has 2 aliphatic heterocycles. The summed E-state index contributed by atoms with van der Waals surface area (Å²) in [6.07, 6.45) is 1.15. The van der Waals surface area contributed by atoms with Crippen LogP contribution in [-0.4, -0.2) is 31.8 Å². The van der Waals surface area contributed by atoms with Crippen LogP contribution in [0.1, 0.15) is 23.7 Å². The van der Waals surface area contributed by atoms with E-state index in [0.29, 0.717) is 40.0 Å². The van der Waals surface area contributed by atoms with Crippen LogP contribution in [-0.2, 0) is 0 Å². The smallest absolute Gasteiger partial charge is 0.256 e. The molecule has 1 amide bonds. The Morgan fingerprint density at radius 2 is 2.35 bits per heavy atom. The van der Waals surface area contributed by atoms with Crippen molar-refractivity contribution in [2.45, 2.75) is 19.4 Å². The van der Waals surface area contributed by atoms with Crippen molar-refractivity contribution >= 4 is 21.8 Å². The van der Waals surface area contributed by atoms with Gasteiger partial charge in [0.1, 0.15) is 0 Å². The molecule has 20 heavy (non-hydrogen) atoms. The highest BCUT2D eigenvalue weighted by molar-refractivity contribution is 9.10. The van der Waals surface area contributed by atoms with Gasteiger partial charge in [-0.25, -0.2) is 0 Å². The van der Waals surface area contributed by atoms with Crippen molar-refractivity contribution in [3.05, 3.63) is 22.2 Å². The lowest BCUT2D eigenvalue weighted by atomic mass is 10.0. The van der Waals surface area contributed by atoms with Crippen molar-refractivity contribution < 1.29 is 14.3 Å². The Hall–Kier alpha value is -1.27. The Kier molecular flexibility index (Phi) is 3.85. The molecule has 1 saturated heterocycles. The van der Waals surface area contributed by atoms with E-state index in [1.807, 2.05) is 0 Å². The maximum absolute atomic E-state index is 12.4. The SMILES string of the molecule is CC1CCNC1CNC(=O)c1c(Br)ccc2c1OCO2. The Bertz CT molecular complexity index is 535. The van der Waals surface area contributed by atoms with Crippen LogP contribution in [0.4, 0.5) is 0 Å². The number of rotatable bonds is 3. The minimum absolute atomic E-state index is 0.139. The van der Waals surface area contributed by atoms with Gasteiger partial charge >= 0.3 is 0 Å². The van der Waals surface area contributed by atoms with Crippen molar-refractivity contribution in [3.63, 3.8) is 0 Å². The number of hydrogen-bond acceptors (Lipinski definition) is 4. The molecule has 0 radical (unpaired) electrons. The predicted molar refractivity (Wildman–Crippen MR) is 78.2 cm³/mol. The van der Waals surface area contributed by atoms with Crippen LogP contribution in [0.5, 0.6) is 11.5 Å². The zero-order valence-corrected chi connectivity index (χ0v) is 12.8. The summed E-state index contributed by atoms with van der Waals surface area (Å²) in [5.74, 6) is 1.58. The third kappa shape index (κ3) is 2.50. The average Bonchev–Trinajstić information content (AvgIpc) is 3.04. The fourth-order valence-electron chi connectivity index (χ4n) is 2.62. The summed E-state index contributed by atoms with van der Waals surface area (Å²) >= 11 is 3.40. The lowest BCUT2D eigenvalue weighted by Gasteiger charge is -2.17. The normalized spacial score (nSPS) is 23.9. The zero-order valence-electron chi connectivity index (χ0n) is 11.2. The van der Waals surface area contributed by atoms with E-state index in [1.54, 1.807) is 12.1 Å². The van der Waals surface area contributed by atoms with E-state index in [2.05, 4.69) is 33.5 Å². The number of ether oxygens (including phenoxy) is 2. The summed E-state index contributed by atoms with van der Waals surface area (Å²) in [4.78, 5) is 12.4. The maximum atomic E-state index is 12.4. The number of benzene rings is 1. The second-order valence-electron chi connectivity index (χ2n) is 5.19. The van der Waals surface area contributed by atoms with Gasteiger partial charge in [-0.15, -0.1) is 0 Å². The number of carbonyl (C=O) groups is 1. The number of fused-ring (bicyclic) bond motifs is 1. The molecule has 0 aromatic heterocycles. The second kappa shape index (κ2) is 5.61. The molecule has 2 heterocycles. The molecule has 2 unspecified atom stereocenters. The summed E-state index contributed by atoms with van der Waals surface area (Å²) in [5, 5.41) is 6.37. The summed E-state index contributed by atoms with van der Waals surface area (Å²) in [6.45, 7) is 4.00. The first-order valence-electron chi connectivity index (χ1n) is 6.76. The number of halogens is 1. The fraction of sp³-hybridized carbons (Fsp3) is 0.500. The monoisotopic (exact) mass is 340 g/mol. The van der Waals surface area contributed by atoms with Gasteiger partial charge in [-0.05, 0) is 46.9 Å². The number of carbonyl (C=O) groups excluding carboxylic acids is 1. The highest BCUT2D eigenvalue weighted by Crippen LogP contribution is 2.39. The molecule has 1 aromatic rings. The summed E-state index contributed by atoms with van der Waals surface area (Å²) < 4.78 is 11.4. The molecule has 0 saturated carbocycles. The van der Waals surface area contributed by atoms with Crippen LogP contribution in [0.25, 0.3) is 0 Å². The van der Waals surface area contributed by atoms with Crippen molar-refractivity contribution in [1.29, 1.82) is 0 Å². The van der Waals surface area contributed by atoms with Gasteiger partial charge in [-0.3, -0.25) is 4.79 Å². The minimum Gasteiger partial charge on any atom is -0.454 e. The summed E-state index contributed by atoms with van der Waals surface area (Å²) in [7, 11) is 0. The molecule has 6 heteroatoms. The molecule has 2 aliphatic rings. The van der Waals surface area contributed by atoms with Crippen LogP contribution in [0.3, 0.4) is 0 Å². The third-order valence-corrected chi connectivity index (χ3v) is 4.55. The van der Waals surface area contributed by atoms with Gasteiger partial charge in [0.2, 0.25) is 6.79 Å². The molecule has 108 valence electrons. The van der Waals surface area contributed by atoms with E-state index >= 15 is 0 Å². The van der Waals surface area contributed by atoms with Gasteiger partial charge in [-0.2, -0.15) is 0 Å². The van der Waals surface area contributed by atoms with Gasteiger partial charge in [0.15, 0.2) is 11.5 Å². The first-order chi connectivity index (χ1) is 9.66. The Morgan fingerprint density at radius 1 is 1.50 bits per heavy atom. The number of hydrogen-bond donors (Lipinski definition) is 2.